The van der Waals surface area contributed by atoms with E-state index in [-0.39, 0.29) is 0 Å². The Hall–Kier alpha value is -2.69. The molecule has 0 aliphatic heterocycles. The number of pyridine rings is 1. The van der Waals surface area contributed by atoms with Gasteiger partial charge in [0.05, 0.1) is 23.5 Å². The molecule has 2 aromatic heterocycles. The number of aldehydes is 1. The average Bonchev–Trinajstić information content (AvgIpc) is 2.94. The fourth-order valence-electron chi connectivity index (χ4n) is 2.14. The monoisotopic (exact) mass is 281 g/mol. The van der Waals surface area contributed by atoms with E-state index >= 15 is 0 Å². The van der Waals surface area contributed by atoms with Crippen LogP contribution in [-0.2, 0) is 6.54 Å². The number of fused-ring (bicyclic) bond motifs is 1. The zero-order chi connectivity index (χ0) is 14.7. The highest BCUT2D eigenvalue weighted by atomic mass is 16.5. The number of nitrogens with zero attached hydrogens (tertiary/aromatic N) is 3. The average molecular weight is 281 g/mol. The normalized spacial score (nSPS) is 10.7. The van der Waals surface area contributed by atoms with Crippen molar-refractivity contribution in [3.63, 3.8) is 0 Å². The van der Waals surface area contributed by atoms with E-state index < -0.39 is 0 Å². The van der Waals surface area contributed by atoms with Gasteiger partial charge < -0.3 is 4.74 Å². The highest BCUT2D eigenvalue weighted by molar-refractivity contribution is 5.88. The largest absolute Gasteiger partial charge is 0.435 e. The SMILES string of the molecule is CCCn1cc(Oc2nc3ccccc3cc2C=O)cn1. The lowest BCUT2D eigenvalue weighted by molar-refractivity contribution is 0.112. The molecule has 2 heterocycles. The molecule has 0 saturated heterocycles. The zero-order valence-corrected chi connectivity index (χ0v) is 11.7. The van der Waals surface area contributed by atoms with Crippen molar-refractivity contribution < 1.29 is 9.53 Å². The number of hydrogen-bond donors (Lipinski definition) is 0. The highest BCUT2D eigenvalue weighted by Gasteiger charge is 2.10. The number of rotatable bonds is 5. The van der Waals surface area contributed by atoms with E-state index in [2.05, 4.69) is 17.0 Å². The number of hydrogen-bond acceptors (Lipinski definition) is 4. The molecule has 0 bridgehead atoms. The van der Waals surface area contributed by atoms with E-state index in [1.807, 2.05) is 24.3 Å². The minimum absolute atomic E-state index is 0.305. The van der Waals surface area contributed by atoms with Crippen LogP contribution >= 0.6 is 0 Å². The first-order valence-electron chi connectivity index (χ1n) is 6.85. The van der Waals surface area contributed by atoms with Crippen LogP contribution in [0.25, 0.3) is 10.9 Å². The second-order valence-corrected chi connectivity index (χ2v) is 4.73. The fraction of sp³-hybridized carbons (Fsp3) is 0.188. The van der Waals surface area contributed by atoms with Crippen LogP contribution in [-0.4, -0.2) is 21.1 Å². The molecule has 0 atom stereocenters. The molecule has 3 rings (SSSR count). The Morgan fingerprint density at radius 2 is 2.19 bits per heavy atom. The molecule has 1 aromatic carbocycles. The molecule has 0 saturated carbocycles. The van der Waals surface area contributed by atoms with E-state index in [0.29, 0.717) is 17.2 Å². The van der Waals surface area contributed by atoms with Crippen LogP contribution in [0.15, 0.2) is 42.7 Å². The van der Waals surface area contributed by atoms with Crippen molar-refractivity contribution in [2.45, 2.75) is 19.9 Å². The molecule has 0 aliphatic rings. The van der Waals surface area contributed by atoms with Crippen LogP contribution in [0.5, 0.6) is 11.6 Å². The lowest BCUT2D eigenvalue weighted by Gasteiger charge is -2.06. The van der Waals surface area contributed by atoms with Crippen LogP contribution in [0.2, 0.25) is 0 Å². The van der Waals surface area contributed by atoms with Crippen LogP contribution < -0.4 is 4.74 Å². The molecule has 3 aromatic rings. The van der Waals surface area contributed by atoms with E-state index in [1.54, 1.807) is 23.1 Å². The third kappa shape index (κ3) is 2.76. The Bertz CT molecular complexity index is 780. The lowest BCUT2D eigenvalue weighted by Crippen LogP contribution is -1.96. The standard InChI is InChI=1S/C16H15N3O2/c1-2-7-19-10-14(9-17-19)21-16-13(11-20)8-12-5-3-4-6-15(12)18-16/h3-6,8-11H,2,7H2,1H3. The molecule has 0 radical (unpaired) electrons. The summed E-state index contributed by atoms with van der Waals surface area (Å²) in [6, 6.07) is 9.39. The first kappa shape index (κ1) is 13.3. The van der Waals surface area contributed by atoms with Crippen LogP contribution in [0, 0.1) is 0 Å². The molecule has 0 amide bonds. The molecule has 0 unspecified atom stereocenters. The fourth-order valence-corrected chi connectivity index (χ4v) is 2.14. The van der Waals surface area contributed by atoms with Crippen molar-refractivity contribution in [3.05, 3.63) is 48.3 Å². The van der Waals surface area contributed by atoms with E-state index in [0.717, 1.165) is 30.2 Å². The Morgan fingerprint density at radius 1 is 1.33 bits per heavy atom. The number of carbonyl (C=O) groups excluding carboxylic acids is 1. The van der Waals surface area contributed by atoms with Crippen molar-refractivity contribution in [1.82, 2.24) is 14.8 Å². The van der Waals surface area contributed by atoms with Gasteiger partial charge in [-0.2, -0.15) is 5.10 Å². The molecule has 0 fully saturated rings. The third-order valence-electron chi connectivity index (χ3n) is 3.12. The molecule has 0 aliphatic carbocycles. The van der Waals surface area contributed by atoms with Crippen molar-refractivity contribution in [2.24, 2.45) is 0 Å². The summed E-state index contributed by atoms with van der Waals surface area (Å²) in [6.07, 6.45) is 5.18. The lowest BCUT2D eigenvalue weighted by atomic mass is 10.1. The first-order chi connectivity index (χ1) is 10.3. The smallest absolute Gasteiger partial charge is 0.230 e. The second-order valence-electron chi connectivity index (χ2n) is 4.73. The maximum atomic E-state index is 11.2. The number of ether oxygens (including phenoxy) is 1. The van der Waals surface area contributed by atoms with E-state index in [9.17, 15) is 4.79 Å². The molecule has 5 heteroatoms. The van der Waals surface area contributed by atoms with Gasteiger partial charge in [-0.05, 0) is 18.6 Å². The van der Waals surface area contributed by atoms with Crippen molar-refractivity contribution in [2.75, 3.05) is 0 Å². The Kier molecular flexibility index (Phi) is 3.64. The summed E-state index contributed by atoms with van der Waals surface area (Å²) in [7, 11) is 0. The zero-order valence-electron chi connectivity index (χ0n) is 11.7. The summed E-state index contributed by atoms with van der Waals surface area (Å²) in [5, 5.41) is 5.11. The predicted molar refractivity (Wildman–Crippen MR) is 79.7 cm³/mol. The summed E-state index contributed by atoms with van der Waals surface area (Å²) in [6.45, 7) is 2.91. The van der Waals surface area contributed by atoms with Crippen LogP contribution in [0.4, 0.5) is 0 Å². The Morgan fingerprint density at radius 3 is 3.00 bits per heavy atom. The number of benzene rings is 1. The minimum atomic E-state index is 0.305. The summed E-state index contributed by atoms with van der Waals surface area (Å²) in [5.74, 6) is 0.883. The van der Waals surface area contributed by atoms with Crippen molar-refractivity contribution in [3.8, 4) is 11.6 Å². The molecule has 5 nitrogen and oxygen atoms in total. The van der Waals surface area contributed by atoms with Gasteiger partial charge in [-0.25, -0.2) is 4.98 Å². The maximum absolute atomic E-state index is 11.2. The minimum Gasteiger partial charge on any atom is -0.435 e. The van der Waals surface area contributed by atoms with Gasteiger partial charge in [0.25, 0.3) is 0 Å². The second kappa shape index (κ2) is 5.75. The van der Waals surface area contributed by atoms with Gasteiger partial charge in [-0.3, -0.25) is 9.48 Å². The van der Waals surface area contributed by atoms with Crippen LogP contribution in [0.3, 0.4) is 0 Å². The molecule has 106 valence electrons. The molecule has 0 N–H and O–H groups in total. The van der Waals surface area contributed by atoms with Gasteiger partial charge in [0.15, 0.2) is 12.0 Å². The third-order valence-corrected chi connectivity index (χ3v) is 3.12. The van der Waals surface area contributed by atoms with E-state index in [1.165, 1.54) is 0 Å². The van der Waals surface area contributed by atoms with Crippen molar-refractivity contribution >= 4 is 17.2 Å². The molecular weight excluding hydrogens is 266 g/mol. The van der Waals surface area contributed by atoms with Gasteiger partial charge in [0, 0.05) is 11.9 Å². The molecular formula is C16H15N3O2. The van der Waals surface area contributed by atoms with Gasteiger partial charge in [-0.15, -0.1) is 0 Å². The maximum Gasteiger partial charge on any atom is 0.230 e. The topological polar surface area (TPSA) is 57.0 Å². The predicted octanol–water partition coefficient (Wildman–Crippen LogP) is 3.45. The first-order valence-corrected chi connectivity index (χ1v) is 6.85. The summed E-state index contributed by atoms with van der Waals surface area (Å²) >= 11 is 0. The van der Waals surface area contributed by atoms with Crippen LogP contribution in [0.1, 0.15) is 23.7 Å². The molecule has 21 heavy (non-hydrogen) atoms. The van der Waals surface area contributed by atoms with E-state index in [4.69, 9.17) is 4.74 Å². The van der Waals surface area contributed by atoms with Gasteiger partial charge in [0.1, 0.15) is 0 Å². The summed E-state index contributed by atoms with van der Waals surface area (Å²) in [5.41, 5.74) is 1.22. The van der Waals surface area contributed by atoms with Crippen molar-refractivity contribution in [1.29, 1.82) is 0 Å². The van der Waals surface area contributed by atoms with Gasteiger partial charge in [0.2, 0.25) is 5.88 Å². The molecule has 0 spiro atoms. The Labute approximate surface area is 122 Å². The number of carbonyl (C=O) groups is 1. The number of para-hydroxylation sites is 1. The summed E-state index contributed by atoms with van der Waals surface area (Å²) in [4.78, 5) is 15.6. The highest BCUT2D eigenvalue weighted by Crippen LogP contribution is 2.25. The summed E-state index contributed by atoms with van der Waals surface area (Å²) < 4.78 is 7.51. The Balaban J connectivity index is 1.96. The van der Waals surface area contributed by atoms with Gasteiger partial charge in [-0.1, -0.05) is 25.1 Å². The number of aromatic nitrogens is 3. The quantitative estimate of drug-likeness (QED) is 0.672. The van der Waals surface area contributed by atoms with Gasteiger partial charge >= 0.3 is 0 Å². The number of aryl methyl sites for hydroxylation is 1.